The molecule has 0 aliphatic carbocycles. The summed E-state index contributed by atoms with van der Waals surface area (Å²) in [6.07, 6.45) is -0.0581. The van der Waals surface area contributed by atoms with Gasteiger partial charge in [0.2, 0.25) is 0 Å². The normalized spacial score (nSPS) is 12.8. The van der Waals surface area contributed by atoms with Crippen molar-refractivity contribution >= 4 is 14.9 Å². The average Bonchev–Trinajstić information content (AvgIpc) is 2.53. The van der Waals surface area contributed by atoms with E-state index in [2.05, 4.69) is 6.58 Å². The van der Waals surface area contributed by atoms with Crippen LogP contribution in [0.25, 0.3) is 0 Å². The molecule has 1 unspecified atom stereocenters. The van der Waals surface area contributed by atoms with E-state index in [-0.39, 0.29) is 6.61 Å². The van der Waals surface area contributed by atoms with Gasteiger partial charge in [-0.3, -0.25) is 4.84 Å². The van der Waals surface area contributed by atoms with Crippen LogP contribution in [0, 0.1) is 0 Å². The molecule has 142 valence electrons. The molecule has 0 N–H and O–H groups in total. The van der Waals surface area contributed by atoms with E-state index >= 15 is 0 Å². The Balaban J connectivity index is 5.16. The van der Waals surface area contributed by atoms with Crippen LogP contribution in [0.4, 0.5) is 4.79 Å². The van der Waals surface area contributed by atoms with E-state index in [0.29, 0.717) is 32.8 Å². The van der Waals surface area contributed by atoms with Crippen molar-refractivity contribution in [2.24, 2.45) is 0 Å². The molecular formula is C16H33NO6Si. The number of hydroxylamine groups is 2. The number of ether oxygens (including phenoxy) is 1. The maximum absolute atomic E-state index is 12.4. The Bertz CT molecular complexity index is 363. The van der Waals surface area contributed by atoms with Gasteiger partial charge >= 0.3 is 14.9 Å². The summed E-state index contributed by atoms with van der Waals surface area (Å²) in [5, 5.41) is 1.17. The van der Waals surface area contributed by atoms with Crippen LogP contribution in [0.3, 0.4) is 0 Å². The SMILES string of the molecule is C=C(C)CON(CC)C(=O)OC(CC)[Si](OCC)(OCC)OCC. The standard InChI is InChI=1S/C16H33NO6Si/c1-8-15(24(20-10-3,21-11-4)22-12-5)23-16(18)17(9-2)19-13-14(6)7/h15H,6,8-13H2,1-5,7H3. The second-order valence-electron chi connectivity index (χ2n) is 5.11. The first-order valence-corrected chi connectivity index (χ1v) is 10.4. The molecule has 0 saturated heterocycles. The summed E-state index contributed by atoms with van der Waals surface area (Å²) in [5.74, 6) is 0. The van der Waals surface area contributed by atoms with Crippen LogP contribution in [0.5, 0.6) is 0 Å². The first kappa shape index (κ1) is 23.1. The van der Waals surface area contributed by atoms with Crippen molar-refractivity contribution in [3.05, 3.63) is 12.2 Å². The Morgan fingerprint density at radius 3 is 1.88 bits per heavy atom. The van der Waals surface area contributed by atoms with E-state index in [0.717, 1.165) is 5.57 Å². The Kier molecular flexibility index (Phi) is 11.9. The summed E-state index contributed by atoms with van der Waals surface area (Å²) >= 11 is 0. The highest BCUT2D eigenvalue weighted by atomic mass is 28.4. The fraction of sp³-hybridized carbons (Fsp3) is 0.812. The van der Waals surface area contributed by atoms with Crippen LogP contribution in [0.2, 0.25) is 0 Å². The molecule has 8 heteroatoms. The molecule has 1 amide bonds. The highest BCUT2D eigenvalue weighted by molar-refractivity contribution is 6.62. The molecule has 1 atom stereocenters. The van der Waals surface area contributed by atoms with Gasteiger partial charge in [0.15, 0.2) is 5.73 Å². The Morgan fingerprint density at radius 1 is 1.04 bits per heavy atom. The van der Waals surface area contributed by atoms with Gasteiger partial charge < -0.3 is 18.0 Å². The van der Waals surface area contributed by atoms with Crippen LogP contribution in [0.15, 0.2) is 12.2 Å². The zero-order chi connectivity index (χ0) is 18.6. The maximum Gasteiger partial charge on any atom is 0.544 e. The summed E-state index contributed by atoms with van der Waals surface area (Å²) in [6, 6.07) is 0. The predicted molar refractivity (Wildman–Crippen MR) is 94.3 cm³/mol. The van der Waals surface area contributed by atoms with Crippen LogP contribution < -0.4 is 0 Å². The summed E-state index contributed by atoms with van der Waals surface area (Å²) < 4.78 is 23.1. The molecule has 0 aromatic carbocycles. The molecule has 0 radical (unpaired) electrons. The van der Waals surface area contributed by atoms with Gasteiger partial charge in [0.1, 0.15) is 0 Å². The lowest BCUT2D eigenvalue weighted by molar-refractivity contribution is -0.131. The minimum absolute atomic E-state index is 0.255. The second-order valence-corrected chi connectivity index (χ2v) is 7.83. The largest absolute Gasteiger partial charge is 0.544 e. The number of hydrogen-bond acceptors (Lipinski definition) is 6. The predicted octanol–water partition coefficient (Wildman–Crippen LogP) is 3.32. The van der Waals surface area contributed by atoms with E-state index < -0.39 is 20.6 Å². The lowest BCUT2D eigenvalue weighted by Gasteiger charge is -2.34. The topological polar surface area (TPSA) is 66.5 Å². The zero-order valence-electron chi connectivity index (χ0n) is 15.9. The van der Waals surface area contributed by atoms with Gasteiger partial charge in [0, 0.05) is 26.4 Å². The Hall–Kier alpha value is -0.933. The summed E-state index contributed by atoms with van der Waals surface area (Å²) in [5.41, 5.74) is 0.224. The van der Waals surface area contributed by atoms with Gasteiger partial charge in [0.05, 0.1) is 6.61 Å². The number of hydrogen-bond donors (Lipinski definition) is 0. The molecule has 0 aliphatic rings. The van der Waals surface area contributed by atoms with Gasteiger partial charge in [-0.25, -0.2) is 4.79 Å². The van der Waals surface area contributed by atoms with Crippen LogP contribution in [-0.2, 0) is 22.9 Å². The van der Waals surface area contributed by atoms with E-state index in [1.807, 2.05) is 34.6 Å². The highest BCUT2D eigenvalue weighted by Gasteiger charge is 2.51. The molecule has 0 heterocycles. The van der Waals surface area contributed by atoms with Gasteiger partial charge in [-0.15, -0.1) is 0 Å². The molecule has 0 aliphatic heterocycles. The minimum Gasteiger partial charge on any atom is -0.440 e. The molecule has 0 saturated carbocycles. The monoisotopic (exact) mass is 363 g/mol. The van der Waals surface area contributed by atoms with Gasteiger partial charge in [0.25, 0.3) is 0 Å². The van der Waals surface area contributed by atoms with Crippen molar-refractivity contribution < 1.29 is 27.6 Å². The van der Waals surface area contributed by atoms with E-state index in [1.165, 1.54) is 5.06 Å². The lowest BCUT2D eigenvalue weighted by atomic mass is 10.4. The molecule has 0 aromatic heterocycles. The fourth-order valence-corrected chi connectivity index (χ4v) is 4.81. The Morgan fingerprint density at radius 2 is 1.54 bits per heavy atom. The van der Waals surface area contributed by atoms with Crippen molar-refractivity contribution in [1.29, 1.82) is 0 Å². The van der Waals surface area contributed by atoms with Crippen molar-refractivity contribution in [2.45, 2.75) is 53.7 Å². The van der Waals surface area contributed by atoms with E-state index in [1.54, 1.807) is 6.92 Å². The molecule has 7 nitrogen and oxygen atoms in total. The number of carbonyl (C=O) groups excluding carboxylic acids is 1. The molecular weight excluding hydrogens is 330 g/mol. The maximum atomic E-state index is 12.4. The van der Waals surface area contributed by atoms with Crippen molar-refractivity contribution in [3.63, 3.8) is 0 Å². The third-order valence-corrected chi connectivity index (χ3v) is 6.39. The average molecular weight is 364 g/mol. The molecule has 0 fully saturated rings. The van der Waals surface area contributed by atoms with Crippen LogP contribution >= 0.6 is 0 Å². The number of nitrogens with zero attached hydrogens (tertiary/aromatic N) is 1. The molecule has 0 spiro atoms. The molecule has 0 bridgehead atoms. The third kappa shape index (κ3) is 7.31. The van der Waals surface area contributed by atoms with Gasteiger partial charge in [-0.1, -0.05) is 19.1 Å². The first-order chi connectivity index (χ1) is 11.4. The van der Waals surface area contributed by atoms with E-state index in [4.69, 9.17) is 22.9 Å². The first-order valence-electron chi connectivity index (χ1n) is 8.57. The number of rotatable bonds is 13. The fourth-order valence-electron chi connectivity index (χ4n) is 2.05. The molecule has 24 heavy (non-hydrogen) atoms. The van der Waals surface area contributed by atoms with E-state index in [9.17, 15) is 4.79 Å². The van der Waals surface area contributed by atoms with Crippen molar-refractivity contribution in [3.8, 4) is 0 Å². The number of carbonyl (C=O) groups is 1. The van der Waals surface area contributed by atoms with Crippen LogP contribution in [-0.4, -0.2) is 58.7 Å². The summed E-state index contributed by atoms with van der Waals surface area (Å²) in [6.45, 7) is 16.8. The highest BCUT2D eigenvalue weighted by Crippen LogP contribution is 2.22. The third-order valence-electron chi connectivity index (χ3n) is 3.00. The van der Waals surface area contributed by atoms with Gasteiger partial charge in [-0.05, 0) is 41.0 Å². The van der Waals surface area contributed by atoms with Crippen LogP contribution in [0.1, 0.15) is 48.0 Å². The molecule has 0 aromatic rings. The summed E-state index contributed by atoms with van der Waals surface area (Å²) in [7, 11) is -3.13. The van der Waals surface area contributed by atoms with Gasteiger partial charge in [-0.2, -0.15) is 5.06 Å². The molecule has 0 rings (SSSR count). The smallest absolute Gasteiger partial charge is 0.440 e. The second kappa shape index (κ2) is 12.4. The minimum atomic E-state index is -3.13. The zero-order valence-corrected chi connectivity index (χ0v) is 16.9. The van der Waals surface area contributed by atoms with Crippen molar-refractivity contribution in [2.75, 3.05) is 33.0 Å². The summed E-state index contributed by atoms with van der Waals surface area (Å²) in [4.78, 5) is 17.8. The Labute approximate surface area is 147 Å². The lowest BCUT2D eigenvalue weighted by Crippen LogP contribution is -2.58. The van der Waals surface area contributed by atoms with Crippen molar-refractivity contribution in [1.82, 2.24) is 5.06 Å². The quantitative estimate of drug-likeness (QED) is 0.284. The number of amides is 1.